The molecule has 2 N–H and O–H groups in total. The highest BCUT2D eigenvalue weighted by Crippen LogP contribution is 2.30. The van der Waals surface area contributed by atoms with Crippen LogP contribution >= 0.6 is 0 Å². The van der Waals surface area contributed by atoms with Crippen LogP contribution in [-0.4, -0.2) is 42.3 Å². The van der Waals surface area contributed by atoms with E-state index in [2.05, 4.69) is 15.6 Å². The molecule has 2 aromatic rings. The number of fused-ring (bicyclic) bond motifs is 1. The van der Waals surface area contributed by atoms with Crippen molar-refractivity contribution in [3.05, 3.63) is 40.7 Å². The van der Waals surface area contributed by atoms with Gasteiger partial charge in [-0.05, 0) is 12.1 Å². The summed E-state index contributed by atoms with van der Waals surface area (Å²) in [5.41, 5.74) is 0.938. The molecule has 1 saturated heterocycles. The van der Waals surface area contributed by atoms with Crippen molar-refractivity contribution >= 4 is 22.1 Å². The highest BCUT2D eigenvalue weighted by Gasteiger charge is 2.16. The normalized spacial score (nSPS) is 18.6. The van der Waals surface area contributed by atoms with Gasteiger partial charge in [0.2, 0.25) is 0 Å². The molecule has 0 radical (unpaired) electrons. The third-order valence-electron chi connectivity index (χ3n) is 3.53. The van der Waals surface area contributed by atoms with Crippen molar-refractivity contribution in [1.82, 2.24) is 10.3 Å². The second-order valence-electron chi connectivity index (χ2n) is 4.92. The molecule has 0 bridgehead atoms. The fraction of sp³-hybridized carbons (Fsp3) is 0.357. The van der Waals surface area contributed by atoms with Crippen LogP contribution in [-0.2, 0) is 4.74 Å². The van der Waals surface area contributed by atoms with Gasteiger partial charge in [0.1, 0.15) is 0 Å². The standard InChI is InChI=1S/C14H16N4O3/c19-18(20)14-2-1-13(11-3-4-15-8-12(11)14)17-7-10-9-21-6-5-16-10/h1-4,8,10,16-17H,5-7,9H2. The Hall–Kier alpha value is -2.25. The molecule has 7 nitrogen and oxygen atoms in total. The third-order valence-corrected chi connectivity index (χ3v) is 3.53. The van der Waals surface area contributed by atoms with Crippen LogP contribution in [0, 0.1) is 10.1 Å². The highest BCUT2D eigenvalue weighted by atomic mass is 16.6. The number of nitrogens with zero attached hydrogens (tertiary/aromatic N) is 2. The molecule has 1 atom stereocenters. The molecule has 0 aliphatic carbocycles. The first kappa shape index (κ1) is 13.7. The number of pyridine rings is 1. The Kier molecular flexibility index (Phi) is 3.94. The number of ether oxygens (including phenoxy) is 1. The van der Waals surface area contributed by atoms with E-state index in [1.54, 1.807) is 18.3 Å². The first-order valence-electron chi connectivity index (χ1n) is 6.82. The lowest BCUT2D eigenvalue weighted by Crippen LogP contribution is -2.45. The molecule has 1 aromatic heterocycles. The maximum atomic E-state index is 11.1. The van der Waals surface area contributed by atoms with Crippen LogP contribution in [0.1, 0.15) is 0 Å². The van der Waals surface area contributed by atoms with E-state index in [4.69, 9.17) is 4.74 Å². The van der Waals surface area contributed by atoms with Gasteiger partial charge >= 0.3 is 0 Å². The Morgan fingerprint density at radius 1 is 1.43 bits per heavy atom. The topological polar surface area (TPSA) is 89.3 Å². The van der Waals surface area contributed by atoms with Crippen LogP contribution < -0.4 is 10.6 Å². The number of anilines is 1. The fourth-order valence-electron chi connectivity index (χ4n) is 2.47. The zero-order valence-electron chi connectivity index (χ0n) is 11.4. The number of nitro groups is 1. The van der Waals surface area contributed by atoms with Gasteiger partial charge in [0.15, 0.2) is 0 Å². The second kappa shape index (κ2) is 6.02. The number of nitro benzene ring substituents is 1. The van der Waals surface area contributed by atoms with Crippen molar-refractivity contribution < 1.29 is 9.66 Å². The van der Waals surface area contributed by atoms with Crippen molar-refractivity contribution in [2.45, 2.75) is 6.04 Å². The highest BCUT2D eigenvalue weighted by molar-refractivity contribution is 5.99. The number of aromatic nitrogens is 1. The van der Waals surface area contributed by atoms with Crippen LogP contribution in [0.5, 0.6) is 0 Å². The maximum Gasteiger partial charge on any atom is 0.278 e. The van der Waals surface area contributed by atoms with Crippen molar-refractivity contribution in [1.29, 1.82) is 0 Å². The van der Waals surface area contributed by atoms with Crippen LogP contribution in [0.15, 0.2) is 30.6 Å². The molecule has 1 aromatic carbocycles. The number of nitrogens with one attached hydrogen (secondary N) is 2. The van der Waals surface area contributed by atoms with Gasteiger partial charge in [0.25, 0.3) is 5.69 Å². The lowest BCUT2D eigenvalue weighted by molar-refractivity contribution is -0.383. The van der Waals surface area contributed by atoms with Gasteiger partial charge in [-0.3, -0.25) is 15.1 Å². The van der Waals surface area contributed by atoms with E-state index in [1.807, 2.05) is 0 Å². The SMILES string of the molecule is O=[N+]([O-])c1ccc(NCC2COCCN2)c2ccncc12. The van der Waals surface area contributed by atoms with E-state index in [-0.39, 0.29) is 16.7 Å². The van der Waals surface area contributed by atoms with Crippen LogP contribution in [0.4, 0.5) is 11.4 Å². The molecule has 0 saturated carbocycles. The zero-order chi connectivity index (χ0) is 14.7. The Morgan fingerprint density at radius 3 is 3.10 bits per heavy atom. The van der Waals surface area contributed by atoms with Crippen molar-refractivity contribution in [2.24, 2.45) is 0 Å². The van der Waals surface area contributed by atoms with Gasteiger partial charge < -0.3 is 15.4 Å². The number of non-ortho nitro benzene ring substituents is 1. The summed E-state index contributed by atoms with van der Waals surface area (Å²) in [6.07, 6.45) is 3.17. The average Bonchev–Trinajstić information content (AvgIpc) is 2.53. The number of hydrogen-bond donors (Lipinski definition) is 2. The molecule has 0 amide bonds. The van der Waals surface area contributed by atoms with Gasteiger partial charge in [0.05, 0.1) is 23.5 Å². The zero-order valence-corrected chi connectivity index (χ0v) is 11.4. The fourth-order valence-corrected chi connectivity index (χ4v) is 2.47. The lowest BCUT2D eigenvalue weighted by Gasteiger charge is -2.24. The summed E-state index contributed by atoms with van der Waals surface area (Å²) in [6, 6.07) is 5.28. The van der Waals surface area contributed by atoms with E-state index >= 15 is 0 Å². The summed E-state index contributed by atoms with van der Waals surface area (Å²) in [5, 5.41) is 19.1. The molecule has 2 heterocycles. The van der Waals surface area contributed by atoms with Gasteiger partial charge in [-0.1, -0.05) is 0 Å². The molecular formula is C14H16N4O3. The summed E-state index contributed by atoms with van der Waals surface area (Å²) < 4.78 is 5.41. The Labute approximate surface area is 121 Å². The predicted molar refractivity (Wildman–Crippen MR) is 79.5 cm³/mol. The molecular weight excluding hydrogens is 272 g/mol. The Morgan fingerprint density at radius 2 is 2.33 bits per heavy atom. The van der Waals surface area contributed by atoms with Gasteiger partial charge in [0, 0.05) is 48.7 Å². The smallest absolute Gasteiger partial charge is 0.278 e. The Balaban J connectivity index is 1.85. The van der Waals surface area contributed by atoms with Crippen molar-refractivity contribution in [3.8, 4) is 0 Å². The number of rotatable bonds is 4. The minimum Gasteiger partial charge on any atom is -0.383 e. The van der Waals surface area contributed by atoms with Crippen LogP contribution in [0.25, 0.3) is 10.8 Å². The lowest BCUT2D eigenvalue weighted by atomic mass is 10.1. The summed E-state index contributed by atoms with van der Waals surface area (Å²) in [4.78, 5) is 14.7. The summed E-state index contributed by atoms with van der Waals surface area (Å²) >= 11 is 0. The molecule has 1 fully saturated rings. The van der Waals surface area contributed by atoms with E-state index < -0.39 is 0 Å². The van der Waals surface area contributed by atoms with Gasteiger partial charge in [-0.25, -0.2) is 0 Å². The maximum absolute atomic E-state index is 11.1. The molecule has 1 unspecified atom stereocenters. The quantitative estimate of drug-likeness (QED) is 0.655. The predicted octanol–water partition coefficient (Wildman–Crippen LogP) is 1.54. The molecule has 0 spiro atoms. The second-order valence-corrected chi connectivity index (χ2v) is 4.92. The molecule has 1 aliphatic rings. The van der Waals surface area contributed by atoms with E-state index in [0.29, 0.717) is 18.5 Å². The molecule has 1 aliphatic heterocycles. The minimum atomic E-state index is -0.385. The minimum absolute atomic E-state index is 0.0720. The first-order chi connectivity index (χ1) is 10.3. The van der Waals surface area contributed by atoms with Gasteiger partial charge in [-0.15, -0.1) is 0 Å². The Bertz CT molecular complexity index is 656. The molecule has 3 rings (SSSR count). The third kappa shape index (κ3) is 2.93. The number of benzene rings is 1. The summed E-state index contributed by atoms with van der Waals surface area (Å²) in [7, 11) is 0. The molecule has 7 heteroatoms. The first-order valence-corrected chi connectivity index (χ1v) is 6.82. The van der Waals surface area contributed by atoms with Crippen LogP contribution in [0.3, 0.4) is 0 Å². The number of hydrogen-bond acceptors (Lipinski definition) is 6. The molecule has 21 heavy (non-hydrogen) atoms. The largest absolute Gasteiger partial charge is 0.383 e. The summed E-state index contributed by atoms with van der Waals surface area (Å²) in [6.45, 7) is 2.95. The van der Waals surface area contributed by atoms with Crippen molar-refractivity contribution in [2.75, 3.05) is 31.6 Å². The average molecular weight is 288 g/mol. The number of morpholine rings is 1. The molecule has 110 valence electrons. The van der Waals surface area contributed by atoms with E-state index in [1.165, 1.54) is 12.3 Å². The van der Waals surface area contributed by atoms with Crippen molar-refractivity contribution in [3.63, 3.8) is 0 Å². The monoisotopic (exact) mass is 288 g/mol. The van der Waals surface area contributed by atoms with Gasteiger partial charge in [-0.2, -0.15) is 0 Å². The van der Waals surface area contributed by atoms with E-state index in [0.717, 1.165) is 24.2 Å². The van der Waals surface area contributed by atoms with E-state index in [9.17, 15) is 10.1 Å². The van der Waals surface area contributed by atoms with Crippen LogP contribution in [0.2, 0.25) is 0 Å². The summed E-state index contributed by atoms with van der Waals surface area (Å²) in [5.74, 6) is 0.